The van der Waals surface area contributed by atoms with Gasteiger partial charge in [-0.3, -0.25) is 0 Å². The minimum atomic E-state index is 0.436. The highest BCUT2D eigenvalue weighted by Crippen LogP contribution is 2.20. The third kappa shape index (κ3) is 6.42. The van der Waals surface area contributed by atoms with Gasteiger partial charge in [-0.05, 0) is 70.1 Å². The van der Waals surface area contributed by atoms with Gasteiger partial charge < -0.3 is 4.74 Å². The molecule has 3 aromatic carbocycles. The zero-order chi connectivity index (χ0) is 24.6. The molecular weight excluding hydrogens is 446 g/mol. The van der Waals surface area contributed by atoms with Gasteiger partial charge >= 0.3 is 0 Å². The number of para-hydroxylation sites is 1. The summed E-state index contributed by atoms with van der Waals surface area (Å²) < 4.78 is 6.04. The van der Waals surface area contributed by atoms with Crippen LogP contribution in [-0.4, -0.2) is 25.6 Å². The molecule has 0 spiro atoms. The molecule has 0 saturated carbocycles. The second-order valence-corrected chi connectivity index (χ2v) is 9.13. The van der Waals surface area contributed by atoms with E-state index in [0.717, 1.165) is 53.0 Å². The first-order valence-corrected chi connectivity index (χ1v) is 12.3. The van der Waals surface area contributed by atoms with Crippen LogP contribution < -0.4 is 4.74 Å². The quantitative estimate of drug-likeness (QED) is 0.240. The average molecular weight is 476 g/mol. The van der Waals surface area contributed by atoms with Crippen LogP contribution in [0.5, 0.6) is 5.75 Å². The Balaban J connectivity index is 1.18. The topological polar surface area (TPSA) is 76.6 Å². The van der Waals surface area contributed by atoms with Crippen molar-refractivity contribution in [1.82, 2.24) is 25.6 Å². The Morgan fingerprint density at radius 2 is 1.72 bits per heavy atom. The van der Waals surface area contributed by atoms with E-state index in [4.69, 9.17) is 9.72 Å². The van der Waals surface area contributed by atoms with Crippen LogP contribution in [0.3, 0.4) is 0 Å². The van der Waals surface area contributed by atoms with E-state index in [9.17, 15) is 0 Å². The number of aromatic nitrogens is 5. The van der Waals surface area contributed by atoms with Crippen LogP contribution in [0.25, 0.3) is 23.1 Å². The van der Waals surface area contributed by atoms with Crippen LogP contribution in [0, 0.1) is 5.92 Å². The van der Waals surface area contributed by atoms with Crippen LogP contribution in [0.2, 0.25) is 0 Å². The fourth-order valence-corrected chi connectivity index (χ4v) is 4.24. The number of tetrazole rings is 1. The summed E-state index contributed by atoms with van der Waals surface area (Å²) in [6, 6.07) is 29.1. The lowest BCUT2D eigenvalue weighted by atomic mass is 9.95. The predicted octanol–water partition coefficient (Wildman–Crippen LogP) is 6.31. The number of nitrogens with one attached hydrogen (secondary N) is 1. The summed E-state index contributed by atoms with van der Waals surface area (Å²) in [6.07, 6.45) is 7.20. The average Bonchev–Trinajstić information content (AvgIpc) is 3.44. The van der Waals surface area contributed by atoms with Gasteiger partial charge in [0.2, 0.25) is 0 Å². The van der Waals surface area contributed by atoms with Crippen molar-refractivity contribution in [2.75, 3.05) is 0 Å². The predicted molar refractivity (Wildman–Crippen MR) is 143 cm³/mol. The van der Waals surface area contributed by atoms with Crippen molar-refractivity contribution in [2.45, 2.75) is 32.8 Å². The van der Waals surface area contributed by atoms with Gasteiger partial charge in [-0.25, -0.2) is 10.1 Å². The highest BCUT2D eigenvalue weighted by atomic mass is 16.5. The van der Waals surface area contributed by atoms with Gasteiger partial charge in [0.05, 0.1) is 11.2 Å². The molecule has 0 aliphatic heterocycles. The molecule has 0 fully saturated rings. The summed E-state index contributed by atoms with van der Waals surface area (Å²) in [5, 5.41) is 15.2. The Bertz CT molecular complexity index is 1450. The molecule has 5 aromatic rings. The zero-order valence-corrected chi connectivity index (χ0v) is 20.3. The highest BCUT2D eigenvalue weighted by Gasteiger charge is 2.07. The van der Waals surface area contributed by atoms with Crippen molar-refractivity contribution < 1.29 is 4.74 Å². The molecule has 1 atom stereocenters. The molecule has 0 bridgehead atoms. The molecule has 2 aromatic heterocycles. The van der Waals surface area contributed by atoms with Crippen molar-refractivity contribution in [3.8, 4) is 5.75 Å². The Morgan fingerprint density at radius 3 is 2.58 bits per heavy atom. The maximum absolute atomic E-state index is 6.04. The lowest BCUT2D eigenvalue weighted by molar-refractivity contribution is 0.302. The van der Waals surface area contributed by atoms with E-state index in [2.05, 4.69) is 88.2 Å². The molecule has 6 nitrogen and oxygen atoms in total. The van der Waals surface area contributed by atoms with Crippen molar-refractivity contribution in [1.29, 1.82) is 0 Å². The van der Waals surface area contributed by atoms with Crippen LogP contribution in [0.4, 0.5) is 0 Å². The summed E-state index contributed by atoms with van der Waals surface area (Å²) in [7, 11) is 0. The van der Waals surface area contributed by atoms with Gasteiger partial charge in [-0.2, -0.15) is 0 Å². The first-order chi connectivity index (χ1) is 17.7. The number of ether oxygens (including phenoxy) is 1. The lowest BCUT2D eigenvalue weighted by Crippen LogP contribution is -2.03. The maximum atomic E-state index is 6.04. The summed E-state index contributed by atoms with van der Waals surface area (Å²) in [5.74, 6) is 2.22. The van der Waals surface area contributed by atoms with E-state index in [-0.39, 0.29) is 0 Å². The molecular formula is C30H29N5O. The number of pyridine rings is 1. The lowest BCUT2D eigenvalue weighted by Gasteiger charge is -2.11. The maximum Gasteiger partial charge on any atom is 0.148 e. The first kappa shape index (κ1) is 23.4. The van der Waals surface area contributed by atoms with E-state index in [1.54, 1.807) is 0 Å². The van der Waals surface area contributed by atoms with E-state index < -0.39 is 0 Å². The highest BCUT2D eigenvalue weighted by molar-refractivity contribution is 5.78. The number of H-pyrrole nitrogens is 1. The number of hydrogen-bond acceptors (Lipinski definition) is 5. The SMILES string of the molecule is CC(CCc1nnn[nH]1)Cc1cccc(C=Cc2cccc(OCc3ccc4ccccc4n3)c2)c1. The summed E-state index contributed by atoms with van der Waals surface area (Å²) >= 11 is 0. The number of hydrogen-bond donors (Lipinski definition) is 1. The van der Waals surface area contributed by atoms with Crippen molar-refractivity contribution >= 4 is 23.1 Å². The number of aryl methyl sites for hydroxylation is 1. The largest absolute Gasteiger partial charge is 0.487 e. The molecule has 5 rings (SSSR count). The van der Waals surface area contributed by atoms with Crippen LogP contribution >= 0.6 is 0 Å². The fraction of sp³-hybridized carbons (Fsp3) is 0.200. The number of rotatable bonds is 10. The number of fused-ring (bicyclic) bond motifs is 1. The van der Waals surface area contributed by atoms with Crippen LogP contribution in [-0.2, 0) is 19.4 Å². The molecule has 0 saturated heterocycles. The van der Waals surface area contributed by atoms with Crippen LogP contribution in [0.1, 0.15) is 41.6 Å². The van der Waals surface area contributed by atoms with Gasteiger partial charge in [0.25, 0.3) is 0 Å². The number of benzene rings is 3. The zero-order valence-electron chi connectivity index (χ0n) is 20.3. The van der Waals surface area contributed by atoms with Crippen molar-refractivity contribution in [3.63, 3.8) is 0 Å². The number of aromatic amines is 1. The number of nitrogens with zero attached hydrogens (tertiary/aromatic N) is 4. The molecule has 1 unspecified atom stereocenters. The third-order valence-corrected chi connectivity index (χ3v) is 6.17. The Labute approximate surface area is 211 Å². The second-order valence-electron chi connectivity index (χ2n) is 9.13. The van der Waals surface area contributed by atoms with Gasteiger partial charge in [0.1, 0.15) is 18.2 Å². The van der Waals surface area contributed by atoms with Gasteiger partial charge in [0.15, 0.2) is 0 Å². The normalized spacial score (nSPS) is 12.2. The molecule has 0 amide bonds. The smallest absolute Gasteiger partial charge is 0.148 e. The Morgan fingerprint density at radius 1 is 0.889 bits per heavy atom. The first-order valence-electron chi connectivity index (χ1n) is 12.3. The summed E-state index contributed by atoms with van der Waals surface area (Å²) in [4.78, 5) is 4.69. The molecule has 1 N–H and O–H groups in total. The van der Waals surface area contributed by atoms with Crippen LogP contribution in [0.15, 0.2) is 84.9 Å². The van der Waals surface area contributed by atoms with Crippen molar-refractivity contribution in [2.24, 2.45) is 5.92 Å². The minimum Gasteiger partial charge on any atom is -0.487 e. The van der Waals surface area contributed by atoms with Gasteiger partial charge in [0, 0.05) is 11.8 Å². The van der Waals surface area contributed by atoms with Crippen molar-refractivity contribution in [3.05, 3.63) is 113 Å². The van der Waals surface area contributed by atoms with Gasteiger partial charge in [-0.15, -0.1) is 5.10 Å². The molecule has 6 heteroatoms. The van der Waals surface area contributed by atoms with E-state index in [1.807, 2.05) is 36.4 Å². The molecule has 0 radical (unpaired) electrons. The molecule has 0 aliphatic rings. The monoisotopic (exact) mass is 475 g/mol. The molecule has 36 heavy (non-hydrogen) atoms. The molecule has 0 aliphatic carbocycles. The van der Waals surface area contributed by atoms with E-state index >= 15 is 0 Å². The fourth-order valence-electron chi connectivity index (χ4n) is 4.24. The van der Waals surface area contributed by atoms with E-state index in [0.29, 0.717) is 12.5 Å². The second kappa shape index (κ2) is 11.4. The summed E-state index contributed by atoms with van der Waals surface area (Å²) in [5.41, 5.74) is 5.52. The summed E-state index contributed by atoms with van der Waals surface area (Å²) in [6.45, 7) is 2.70. The Hall–Kier alpha value is -4.32. The standard InChI is InChI=1S/C30H29N5O/c1-22(12-17-30-32-34-35-33-30)18-25-8-4-6-23(19-25)13-14-24-7-5-10-28(20-24)36-21-27-16-15-26-9-2-3-11-29(26)31-27/h2-11,13-16,19-20,22H,12,17-18,21H2,1H3,(H,32,33,34,35). The third-order valence-electron chi connectivity index (χ3n) is 6.17. The Kier molecular flexibility index (Phi) is 7.42. The molecule has 2 heterocycles. The minimum absolute atomic E-state index is 0.436. The van der Waals surface area contributed by atoms with E-state index in [1.165, 1.54) is 11.1 Å². The van der Waals surface area contributed by atoms with Gasteiger partial charge in [-0.1, -0.05) is 79.7 Å². The molecule has 180 valence electrons.